The standard InChI is InChI=1S/C6H3Br2ClO/c7-3-1-2-4(10)5(8)6(3)9/h1-2,10H. The summed E-state index contributed by atoms with van der Waals surface area (Å²) < 4.78 is 1.28. The highest BCUT2D eigenvalue weighted by Crippen LogP contribution is 2.36. The highest BCUT2D eigenvalue weighted by molar-refractivity contribution is 9.11. The summed E-state index contributed by atoms with van der Waals surface area (Å²) in [6, 6.07) is 3.24. The second-order valence-corrected chi connectivity index (χ2v) is 3.72. The quantitative estimate of drug-likeness (QED) is 0.723. The molecule has 0 saturated carbocycles. The van der Waals surface area contributed by atoms with Gasteiger partial charge in [0.05, 0.1) is 9.50 Å². The normalized spacial score (nSPS) is 9.90. The summed E-state index contributed by atoms with van der Waals surface area (Å²) in [4.78, 5) is 0. The Morgan fingerprint density at radius 3 is 2.40 bits per heavy atom. The van der Waals surface area contributed by atoms with E-state index in [2.05, 4.69) is 31.9 Å². The van der Waals surface area contributed by atoms with Crippen LogP contribution in [0.1, 0.15) is 0 Å². The largest absolute Gasteiger partial charge is 0.507 e. The molecule has 1 aromatic carbocycles. The van der Waals surface area contributed by atoms with Crippen LogP contribution < -0.4 is 0 Å². The van der Waals surface area contributed by atoms with E-state index in [4.69, 9.17) is 16.7 Å². The molecule has 1 N–H and O–H groups in total. The molecule has 0 atom stereocenters. The van der Waals surface area contributed by atoms with Crippen molar-refractivity contribution in [2.45, 2.75) is 0 Å². The molecule has 0 spiro atoms. The SMILES string of the molecule is Oc1ccc(Br)c(Cl)c1Br. The van der Waals surface area contributed by atoms with Gasteiger partial charge >= 0.3 is 0 Å². The van der Waals surface area contributed by atoms with Crippen molar-refractivity contribution in [1.29, 1.82) is 0 Å². The van der Waals surface area contributed by atoms with Crippen LogP contribution in [0, 0.1) is 0 Å². The summed E-state index contributed by atoms with van der Waals surface area (Å²) >= 11 is 12.1. The number of phenols is 1. The van der Waals surface area contributed by atoms with Gasteiger partial charge in [0.1, 0.15) is 5.75 Å². The van der Waals surface area contributed by atoms with E-state index >= 15 is 0 Å². The Morgan fingerprint density at radius 1 is 1.30 bits per heavy atom. The lowest BCUT2D eigenvalue weighted by Crippen LogP contribution is -1.72. The molecule has 0 aliphatic carbocycles. The van der Waals surface area contributed by atoms with Crippen LogP contribution in [0.2, 0.25) is 5.02 Å². The fourth-order valence-electron chi connectivity index (χ4n) is 0.516. The van der Waals surface area contributed by atoms with Crippen molar-refractivity contribution in [3.8, 4) is 5.75 Å². The number of phenolic OH excluding ortho intramolecular Hbond substituents is 1. The van der Waals surface area contributed by atoms with Gasteiger partial charge in [-0.1, -0.05) is 11.6 Å². The third-order valence-corrected chi connectivity index (χ3v) is 3.33. The summed E-state index contributed by atoms with van der Waals surface area (Å²) in [7, 11) is 0. The summed E-state index contributed by atoms with van der Waals surface area (Å²) in [6.45, 7) is 0. The number of aromatic hydroxyl groups is 1. The maximum absolute atomic E-state index is 9.07. The van der Waals surface area contributed by atoms with Crippen LogP contribution in [0.5, 0.6) is 5.75 Å². The topological polar surface area (TPSA) is 20.2 Å². The van der Waals surface area contributed by atoms with Crippen LogP contribution in [-0.4, -0.2) is 5.11 Å². The van der Waals surface area contributed by atoms with Crippen molar-refractivity contribution in [3.05, 3.63) is 26.1 Å². The van der Waals surface area contributed by atoms with Crippen LogP contribution in [0.15, 0.2) is 21.1 Å². The zero-order valence-electron chi connectivity index (χ0n) is 4.74. The molecule has 0 fully saturated rings. The summed E-state index contributed by atoms with van der Waals surface area (Å²) in [6.07, 6.45) is 0. The first kappa shape index (κ1) is 8.37. The minimum Gasteiger partial charge on any atom is -0.507 e. The Bertz CT molecular complexity index is 235. The lowest BCUT2D eigenvalue weighted by atomic mass is 10.3. The molecule has 0 aromatic heterocycles. The highest BCUT2D eigenvalue weighted by atomic mass is 79.9. The molecule has 1 rings (SSSR count). The zero-order chi connectivity index (χ0) is 7.72. The molecule has 0 bridgehead atoms. The Kier molecular flexibility index (Phi) is 2.61. The predicted octanol–water partition coefficient (Wildman–Crippen LogP) is 3.57. The van der Waals surface area contributed by atoms with E-state index in [9.17, 15) is 0 Å². The maximum Gasteiger partial charge on any atom is 0.131 e. The van der Waals surface area contributed by atoms with Crippen LogP contribution >= 0.6 is 43.5 Å². The summed E-state index contributed by atoms with van der Waals surface area (Å²) in [5, 5.41) is 9.56. The smallest absolute Gasteiger partial charge is 0.131 e. The molecule has 10 heavy (non-hydrogen) atoms. The third-order valence-electron chi connectivity index (χ3n) is 1.01. The summed E-state index contributed by atoms with van der Waals surface area (Å²) in [5.74, 6) is 0.146. The van der Waals surface area contributed by atoms with Gasteiger partial charge in [0.15, 0.2) is 0 Å². The molecule has 1 nitrogen and oxygen atoms in total. The number of hydrogen-bond acceptors (Lipinski definition) is 1. The van der Waals surface area contributed by atoms with Crippen molar-refractivity contribution in [2.24, 2.45) is 0 Å². The first-order chi connectivity index (χ1) is 4.63. The van der Waals surface area contributed by atoms with Crippen molar-refractivity contribution in [3.63, 3.8) is 0 Å². The first-order valence-corrected chi connectivity index (χ1v) is 4.42. The number of hydrogen-bond donors (Lipinski definition) is 1. The zero-order valence-corrected chi connectivity index (χ0v) is 8.66. The molecule has 4 heteroatoms. The first-order valence-electron chi connectivity index (χ1n) is 2.45. The predicted molar refractivity (Wildman–Crippen MR) is 48.5 cm³/mol. The van der Waals surface area contributed by atoms with E-state index in [-0.39, 0.29) is 5.75 Å². The molecule has 54 valence electrons. The van der Waals surface area contributed by atoms with E-state index in [0.717, 1.165) is 4.47 Å². The van der Waals surface area contributed by atoms with Crippen molar-refractivity contribution >= 4 is 43.5 Å². The molecule has 0 saturated heterocycles. The Hall–Kier alpha value is 0.270. The molecule has 0 heterocycles. The second kappa shape index (κ2) is 3.11. The molecular weight excluding hydrogens is 283 g/mol. The van der Waals surface area contributed by atoms with Gasteiger partial charge in [0.25, 0.3) is 0 Å². The molecule has 0 aliphatic heterocycles. The molecule has 0 unspecified atom stereocenters. The Morgan fingerprint density at radius 2 is 1.90 bits per heavy atom. The van der Waals surface area contributed by atoms with Crippen LogP contribution in [-0.2, 0) is 0 Å². The number of halogens is 3. The van der Waals surface area contributed by atoms with Crippen molar-refractivity contribution in [2.75, 3.05) is 0 Å². The van der Waals surface area contributed by atoms with Gasteiger partial charge in [-0.15, -0.1) is 0 Å². The van der Waals surface area contributed by atoms with Gasteiger partial charge in [-0.05, 0) is 44.0 Å². The van der Waals surface area contributed by atoms with Crippen molar-refractivity contribution < 1.29 is 5.11 Å². The van der Waals surface area contributed by atoms with Gasteiger partial charge in [-0.3, -0.25) is 0 Å². The molecule has 0 radical (unpaired) electrons. The minimum atomic E-state index is 0.146. The second-order valence-electron chi connectivity index (χ2n) is 1.69. The fourth-order valence-corrected chi connectivity index (χ4v) is 1.62. The third kappa shape index (κ3) is 1.47. The van der Waals surface area contributed by atoms with Gasteiger partial charge in [0, 0.05) is 4.47 Å². The molecular formula is C6H3Br2ClO. The average molecular weight is 286 g/mol. The van der Waals surface area contributed by atoms with Gasteiger partial charge in [-0.2, -0.15) is 0 Å². The van der Waals surface area contributed by atoms with E-state index < -0.39 is 0 Å². The minimum absolute atomic E-state index is 0.146. The Balaban J connectivity index is 3.34. The molecule has 0 amide bonds. The van der Waals surface area contributed by atoms with E-state index in [1.807, 2.05) is 0 Å². The van der Waals surface area contributed by atoms with Crippen molar-refractivity contribution in [1.82, 2.24) is 0 Å². The number of benzene rings is 1. The lowest BCUT2D eigenvalue weighted by molar-refractivity contribution is 0.472. The lowest BCUT2D eigenvalue weighted by Gasteiger charge is -1.99. The van der Waals surface area contributed by atoms with E-state index in [1.54, 1.807) is 12.1 Å². The van der Waals surface area contributed by atoms with Gasteiger partial charge in [-0.25, -0.2) is 0 Å². The fraction of sp³-hybridized carbons (Fsp3) is 0. The summed E-state index contributed by atoms with van der Waals surface area (Å²) in [5.41, 5.74) is 0. The molecule has 0 aliphatic rings. The molecule has 1 aromatic rings. The average Bonchev–Trinajstić information content (AvgIpc) is 1.93. The van der Waals surface area contributed by atoms with E-state index in [1.165, 1.54) is 0 Å². The maximum atomic E-state index is 9.07. The van der Waals surface area contributed by atoms with Gasteiger partial charge in [0.2, 0.25) is 0 Å². The van der Waals surface area contributed by atoms with E-state index in [0.29, 0.717) is 9.50 Å². The van der Waals surface area contributed by atoms with Gasteiger partial charge < -0.3 is 5.11 Å². The van der Waals surface area contributed by atoms with Crippen LogP contribution in [0.25, 0.3) is 0 Å². The van der Waals surface area contributed by atoms with Crippen LogP contribution in [0.3, 0.4) is 0 Å². The monoisotopic (exact) mass is 284 g/mol. The Labute approximate surface area is 80.3 Å². The highest BCUT2D eigenvalue weighted by Gasteiger charge is 2.05. The number of rotatable bonds is 0. The van der Waals surface area contributed by atoms with Crippen LogP contribution in [0.4, 0.5) is 0 Å².